The molecule has 50 valence electrons. The van der Waals surface area contributed by atoms with Crippen LogP contribution in [0.1, 0.15) is 16.9 Å². The van der Waals surface area contributed by atoms with Crippen molar-refractivity contribution in [3.05, 3.63) is 23.2 Å². The Morgan fingerprint density at radius 3 is 2.44 bits per heavy atom. The van der Waals surface area contributed by atoms with Crippen LogP contribution in [0, 0.1) is 13.8 Å². The second-order valence-electron chi connectivity index (χ2n) is 2.15. The fourth-order valence-corrected chi connectivity index (χ4v) is 0.764. The molecule has 0 atom stereocenters. The lowest BCUT2D eigenvalue weighted by Gasteiger charge is -1.89. The minimum absolute atomic E-state index is 0.573. The zero-order valence-electron chi connectivity index (χ0n) is 5.77. The minimum atomic E-state index is 0.573. The number of aryl methyl sites for hydroxylation is 1. The van der Waals surface area contributed by atoms with E-state index in [1.54, 1.807) is 6.26 Å². The lowest BCUT2D eigenvalue weighted by molar-refractivity contribution is 0.529. The molecule has 2 N–H and O–H groups in total. The Bertz CT molecular complexity index is 203. The minimum Gasteiger partial charge on any atom is -0.469 e. The van der Waals surface area contributed by atoms with Crippen molar-refractivity contribution in [3.63, 3.8) is 0 Å². The van der Waals surface area contributed by atoms with E-state index in [0.717, 1.165) is 11.3 Å². The van der Waals surface area contributed by atoms with Crippen molar-refractivity contribution in [3.8, 4) is 0 Å². The third-order valence-corrected chi connectivity index (χ3v) is 1.61. The first-order chi connectivity index (χ1) is 4.25. The first kappa shape index (κ1) is 6.36. The van der Waals surface area contributed by atoms with Crippen molar-refractivity contribution in [2.24, 2.45) is 5.73 Å². The maximum atomic E-state index is 5.40. The zero-order valence-corrected chi connectivity index (χ0v) is 5.77. The SMILES string of the molecule is Cc1occ(CN)c1C. The number of nitrogens with two attached hydrogens (primary N) is 1. The Kier molecular flexibility index (Phi) is 1.58. The number of hydrogen-bond acceptors (Lipinski definition) is 2. The van der Waals surface area contributed by atoms with E-state index in [0.29, 0.717) is 6.54 Å². The van der Waals surface area contributed by atoms with Crippen LogP contribution in [0.2, 0.25) is 0 Å². The van der Waals surface area contributed by atoms with Crippen LogP contribution in [0.3, 0.4) is 0 Å². The van der Waals surface area contributed by atoms with Crippen molar-refractivity contribution in [2.75, 3.05) is 0 Å². The lowest BCUT2D eigenvalue weighted by atomic mass is 10.2. The summed E-state index contributed by atoms with van der Waals surface area (Å²) in [4.78, 5) is 0. The summed E-state index contributed by atoms with van der Waals surface area (Å²) >= 11 is 0. The van der Waals surface area contributed by atoms with Crippen LogP contribution in [-0.2, 0) is 6.54 Å². The summed E-state index contributed by atoms with van der Waals surface area (Å²) in [5.74, 6) is 0.968. The predicted molar refractivity (Wildman–Crippen MR) is 36.1 cm³/mol. The highest BCUT2D eigenvalue weighted by molar-refractivity contribution is 5.24. The molecule has 0 unspecified atom stereocenters. The van der Waals surface area contributed by atoms with Gasteiger partial charge in [0.1, 0.15) is 5.76 Å². The quantitative estimate of drug-likeness (QED) is 0.615. The van der Waals surface area contributed by atoms with Gasteiger partial charge in [-0.1, -0.05) is 0 Å². The van der Waals surface area contributed by atoms with E-state index >= 15 is 0 Å². The Morgan fingerprint density at radius 2 is 2.22 bits per heavy atom. The highest BCUT2D eigenvalue weighted by atomic mass is 16.3. The Morgan fingerprint density at radius 1 is 1.56 bits per heavy atom. The van der Waals surface area contributed by atoms with Gasteiger partial charge in [0.25, 0.3) is 0 Å². The molecule has 1 aromatic heterocycles. The predicted octanol–water partition coefficient (Wildman–Crippen LogP) is 1.36. The monoisotopic (exact) mass is 125 g/mol. The van der Waals surface area contributed by atoms with Crippen molar-refractivity contribution in [2.45, 2.75) is 20.4 Å². The van der Waals surface area contributed by atoms with Gasteiger partial charge in [-0.2, -0.15) is 0 Å². The summed E-state index contributed by atoms with van der Waals surface area (Å²) in [5.41, 5.74) is 7.69. The summed E-state index contributed by atoms with van der Waals surface area (Å²) in [5, 5.41) is 0. The van der Waals surface area contributed by atoms with Crippen LogP contribution in [0.4, 0.5) is 0 Å². The molecule has 0 aromatic carbocycles. The molecule has 0 aliphatic carbocycles. The summed E-state index contributed by atoms with van der Waals surface area (Å²) in [7, 11) is 0. The van der Waals surface area contributed by atoms with Crippen LogP contribution in [-0.4, -0.2) is 0 Å². The van der Waals surface area contributed by atoms with Gasteiger partial charge in [-0.05, 0) is 19.4 Å². The van der Waals surface area contributed by atoms with Gasteiger partial charge in [0.2, 0.25) is 0 Å². The van der Waals surface area contributed by atoms with Gasteiger partial charge >= 0.3 is 0 Å². The fourth-order valence-electron chi connectivity index (χ4n) is 0.764. The molecular weight excluding hydrogens is 114 g/mol. The van der Waals surface area contributed by atoms with Gasteiger partial charge in [0.05, 0.1) is 6.26 Å². The van der Waals surface area contributed by atoms with Gasteiger partial charge in [-0.25, -0.2) is 0 Å². The first-order valence-electron chi connectivity index (χ1n) is 2.99. The molecule has 0 amide bonds. The second kappa shape index (κ2) is 2.23. The molecule has 0 aliphatic heterocycles. The maximum absolute atomic E-state index is 5.40. The van der Waals surface area contributed by atoms with Crippen molar-refractivity contribution in [1.82, 2.24) is 0 Å². The van der Waals surface area contributed by atoms with E-state index in [2.05, 4.69) is 0 Å². The molecule has 2 nitrogen and oxygen atoms in total. The van der Waals surface area contributed by atoms with E-state index in [9.17, 15) is 0 Å². The molecule has 9 heavy (non-hydrogen) atoms. The average molecular weight is 125 g/mol. The van der Waals surface area contributed by atoms with Gasteiger partial charge in [-0.15, -0.1) is 0 Å². The summed E-state index contributed by atoms with van der Waals surface area (Å²) in [6.45, 7) is 4.53. The van der Waals surface area contributed by atoms with Crippen LogP contribution in [0.25, 0.3) is 0 Å². The Balaban J connectivity index is 3.04. The molecule has 0 radical (unpaired) electrons. The van der Waals surface area contributed by atoms with E-state index in [-0.39, 0.29) is 0 Å². The Labute approximate surface area is 54.7 Å². The molecule has 0 saturated carbocycles. The average Bonchev–Trinajstić information content (AvgIpc) is 2.15. The molecule has 1 rings (SSSR count). The molecule has 1 aromatic rings. The molecule has 2 heteroatoms. The second-order valence-corrected chi connectivity index (χ2v) is 2.15. The lowest BCUT2D eigenvalue weighted by Crippen LogP contribution is -1.95. The Hall–Kier alpha value is -0.760. The zero-order chi connectivity index (χ0) is 6.85. The maximum Gasteiger partial charge on any atom is 0.103 e. The molecule has 1 heterocycles. The fraction of sp³-hybridized carbons (Fsp3) is 0.429. The number of rotatable bonds is 1. The standard InChI is InChI=1S/C7H11NO/c1-5-6(2)9-4-7(5)3-8/h4H,3,8H2,1-2H3. The van der Waals surface area contributed by atoms with Gasteiger partial charge in [0.15, 0.2) is 0 Å². The smallest absolute Gasteiger partial charge is 0.103 e. The van der Waals surface area contributed by atoms with Gasteiger partial charge < -0.3 is 10.2 Å². The molecular formula is C7H11NO. The summed E-state index contributed by atoms with van der Waals surface area (Å²) in [6.07, 6.45) is 1.71. The topological polar surface area (TPSA) is 39.2 Å². The van der Waals surface area contributed by atoms with Crippen LogP contribution < -0.4 is 5.73 Å². The molecule has 0 saturated heterocycles. The third kappa shape index (κ3) is 0.980. The van der Waals surface area contributed by atoms with E-state index < -0.39 is 0 Å². The highest BCUT2D eigenvalue weighted by Gasteiger charge is 2.01. The van der Waals surface area contributed by atoms with E-state index in [4.69, 9.17) is 10.2 Å². The normalized spacial score (nSPS) is 10.1. The largest absolute Gasteiger partial charge is 0.469 e. The first-order valence-corrected chi connectivity index (χ1v) is 2.99. The highest BCUT2D eigenvalue weighted by Crippen LogP contribution is 2.13. The van der Waals surface area contributed by atoms with E-state index in [1.807, 2.05) is 13.8 Å². The summed E-state index contributed by atoms with van der Waals surface area (Å²) < 4.78 is 5.11. The van der Waals surface area contributed by atoms with Crippen molar-refractivity contribution >= 4 is 0 Å². The van der Waals surface area contributed by atoms with Crippen LogP contribution in [0.5, 0.6) is 0 Å². The third-order valence-electron chi connectivity index (χ3n) is 1.61. The van der Waals surface area contributed by atoms with Crippen molar-refractivity contribution in [1.29, 1.82) is 0 Å². The molecule has 0 fully saturated rings. The molecule has 0 bridgehead atoms. The van der Waals surface area contributed by atoms with Gasteiger partial charge in [0, 0.05) is 12.1 Å². The number of hydrogen-bond donors (Lipinski definition) is 1. The van der Waals surface area contributed by atoms with E-state index in [1.165, 1.54) is 5.56 Å². The summed E-state index contributed by atoms with van der Waals surface area (Å²) in [6, 6.07) is 0. The van der Waals surface area contributed by atoms with Crippen LogP contribution in [0.15, 0.2) is 10.7 Å². The van der Waals surface area contributed by atoms with Crippen LogP contribution >= 0.6 is 0 Å². The molecule has 0 aliphatic rings. The van der Waals surface area contributed by atoms with Crippen molar-refractivity contribution < 1.29 is 4.42 Å². The number of furan rings is 1. The van der Waals surface area contributed by atoms with Gasteiger partial charge in [-0.3, -0.25) is 0 Å². The molecule has 0 spiro atoms.